The van der Waals surface area contributed by atoms with Crippen molar-refractivity contribution in [2.75, 3.05) is 0 Å². The third-order valence-corrected chi connectivity index (χ3v) is 3.12. The van der Waals surface area contributed by atoms with Crippen LogP contribution in [0.3, 0.4) is 0 Å². The van der Waals surface area contributed by atoms with E-state index in [1.165, 1.54) is 0 Å². The summed E-state index contributed by atoms with van der Waals surface area (Å²) in [6, 6.07) is 12.7. The van der Waals surface area contributed by atoms with Crippen molar-refractivity contribution in [3.8, 4) is 5.75 Å². The quantitative estimate of drug-likeness (QED) is 0.710. The first-order valence-electron chi connectivity index (χ1n) is 6.31. The lowest BCUT2D eigenvalue weighted by atomic mass is 10.3. The predicted octanol–water partition coefficient (Wildman–Crippen LogP) is 4.07. The van der Waals surface area contributed by atoms with Gasteiger partial charge in [-0.15, -0.1) is 10.2 Å². The van der Waals surface area contributed by atoms with E-state index in [1.807, 2.05) is 36.4 Å². The number of phenols is 1. The lowest BCUT2D eigenvalue weighted by molar-refractivity contribution is 0.476. The Morgan fingerprint density at radius 3 is 2.60 bits per heavy atom. The number of rotatable bonds is 2. The molecule has 5 heteroatoms. The molecule has 2 aromatic heterocycles. The maximum absolute atomic E-state index is 9.70. The number of pyridine rings is 1. The Hall–Kier alpha value is -2.69. The fraction of sp³-hybridized carbons (Fsp3) is 0.133. The molecular weight excluding hydrogens is 252 g/mol. The Kier molecular flexibility index (Phi) is 2.95. The summed E-state index contributed by atoms with van der Waals surface area (Å²) in [5.74, 6) is 0.792. The normalized spacial score (nSPS) is 11.5. The molecule has 100 valence electrons. The summed E-state index contributed by atoms with van der Waals surface area (Å²) in [6.07, 6.45) is 0. The zero-order valence-corrected chi connectivity index (χ0v) is 11.3. The second-order valence-corrected chi connectivity index (χ2v) is 4.57. The Balaban J connectivity index is 2.12. The first-order valence-corrected chi connectivity index (χ1v) is 6.31. The van der Waals surface area contributed by atoms with E-state index in [1.54, 1.807) is 24.3 Å². The van der Waals surface area contributed by atoms with Crippen LogP contribution in [0.15, 0.2) is 52.7 Å². The first kappa shape index (κ1) is 12.3. The molecule has 0 saturated carbocycles. The van der Waals surface area contributed by atoms with E-state index in [0.29, 0.717) is 11.5 Å². The molecule has 0 atom stereocenters. The van der Waals surface area contributed by atoms with Gasteiger partial charge in [0.1, 0.15) is 17.1 Å². The standard InChI is InChI=1S/C15H14N4O/c1-10-6-5-9-14-16-11(2)15(19(10)14)18-17-12-7-3-4-8-13(12)20/h3-9,20H,1-2H3. The average Bonchev–Trinajstić information content (AvgIpc) is 2.75. The van der Waals surface area contributed by atoms with Crippen molar-refractivity contribution in [2.24, 2.45) is 10.2 Å². The minimum Gasteiger partial charge on any atom is -0.506 e. The molecule has 2 heterocycles. The maximum Gasteiger partial charge on any atom is 0.182 e. The largest absolute Gasteiger partial charge is 0.506 e. The number of hydrogen-bond acceptors (Lipinski definition) is 4. The molecule has 0 fully saturated rings. The number of hydrogen-bond donors (Lipinski definition) is 1. The number of aryl methyl sites for hydroxylation is 2. The third-order valence-electron chi connectivity index (χ3n) is 3.12. The van der Waals surface area contributed by atoms with Gasteiger partial charge < -0.3 is 5.11 Å². The van der Waals surface area contributed by atoms with E-state index in [9.17, 15) is 5.11 Å². The molecule has 0 unspecified atom stereocenters. The Labute approximate surface area is 116 Å². The van der Waals surface area contributed by atoms with Crippen LogP contribution in [-0.2, 0) is 0 Å². The summed E-state index contributed by atoms with van der Waals surface area (Å²) in [6.45, 7) is 3.89. The van der Waals surface area contributed by atoms with Crippen molar-refractivity contribution in [2.45, 2.75) is 13.8 Å². The van der Waals surface area contributed by atoms with E-state index in [2.05, 4.69) is 15.2 Å². The molecule has 1 N–H and O–H groups in total. The highest BCUT2D eigenvalue weighted by Gasteiger charge is 2.09. The van der Waals surface area contributed by atoms with Crippen LogP contribution in [-0.4, -0.2) is 14.5 Å². The van der Waals surface area contributed by atoms with Crippen LogP contribution in [0.1, 0.15) is 11.4 Å². The molecule has 5 nitrogen and oxygen atoms in total. The number of nitrogens with zero attached hydrogens (tertiary/aromatic N) is 4. The SMILES string of the molecule is Cc1nc2cccc(C)n2c1N=Nc1ccccc1O. The molecule has 20 heavy (non-hydrogen) atoms. The molecular formula is C15H14N4O. The highest BCUT2D eigenvalue weighted by Crippen LogP contribution is 2.29. The third kappa shape index (κ3) is 2.03. The van der Waals surface area contributed by atoms with Gasteiger partial charge >= 0.3 is 0 Å². The summed E-state index contributed by atoms with van der Waals surface area (Å²) in [5, 5.41) is 18.1. The minimum absolute atomic E-state index is 0.111. The van der Waals surface area contributed by atoms with E-state index >= 15 is 0 Å². The Morgan fingerprint density at radius 1 is 1.00 bits per heavy atom. The number of benzene rings is 1. The van der Waals surface area contributed by atoms with Crippen molar-refractivity contribution in [3.63, 3.8) is 0 Å². The summed E-state index contributed by atoms with van der Waals surface area (Å²) in [5.41, 5.74) is 3.12. The van der Waals surface area contributed by atoms with Gasteiger partial charge in [-0.2, -0.15) is 0 Å². The lowest BCUT2D eigenvalue weighted by Crippen LogP contribution is -1.88. The molecule has 0 radical (unpaired) electrons. The number of azo groups is 1. The van der Waals surface area contributed by atoms with Crippen LogP contribution in [0.2, 0.25) is 0 Å². The molecule has 0 aliphatic rings. The molecule has 0 amide bonds. The predicted molar refractivity (Wildman–Crippen MR) is 76.9 cm³/mol. The van der Waals surface area contributed by atoms with Crippen molar-refractivity contribution in [1.82, 2.24) is 9.38 Å². The highest BCUT2D eigenvalue weighted by atomic mass is 16.3. The van der Waals surface area contributed by atoms with Crippen LogP contribution in [0, 0.1) is 13.8 Å². The van der Waals surface area contributed by atoms with Gasteiger partial charge in [-0.25, -0.2) is 4.98 Å². The molecule has 0 aliphatic carbocycles. The van der Waals surface area contributed by atoms with Gasteiger partial charge in [-0.3, -0.25) is 4.40 Å². The molecule has 0 bridgehead atoms. The van der Waals surface area contributed by atoms with E-state index in [4.69, 9.17) is 0 Å². The topological polar surface area (TPSA) is 62.2 Å². The number of fused-ring (bicyclic) bond motifs is 1. The van der Waals surface area contributed by atoms with Crippen LogP contribution in [0.5, 0.6) is 5.75 Å². The molecule has 0 aliphatic heterocycles. The van der Waals surface area contributed by atoms with Crippen LogP contribution < -0.4 is 0 Å². The number of para-hydroxylation sites is 1. The monoisotopic (exact) mass is 266 g/mol. The van der Waals surface area contributed by atoms with Gasteiger partial charge in [0.25, 0.3) is 0 Å². The number of phenolic OH excluding ortho intramolecular Hbond substituents is 1. The van der Waals surface area contributed by atoms with Crippen LogP contribution >= 0.6 is 0 Å². The minimum atomic E-state index is 0.111. The van der Waals surface area contributed by atoms with E-state index < -0.39 is 0 Å². The van der Waals surface area contributed by atoms with Crippen LogP contribution in [0.4, 0.5) is 11.5 Å². The van der Waals surface area contributed by atoms with Gasteiger partial charge in [0.15, 0.2) is 5.82 Å². The van der Waals surface area contributed by atoms with Crippen molar-refractivity contribution >= 4 is 17.2 Å². The molecule has 3 aromatic rings. The van der Waals surface area contributed by atoms with Gasteiger partial charge in [-0.05, 0) is 38.1 Å². The second-order valence-electron chi connectivity index (χ2n) is 4.57. The van der Waals surface area contributed by atoms with Gasteiger partial charge in [0.2, 0.25) is 0 Å². The zero-order chi connectivity index (χ0) is 14.1. The molecule has 3 rings (SSSR count). The summed E-state index contributed by atoms with van der Waals surface area (Å²) in [4.78, 5) is 4.46. The smallest absolute Gasteiger partial charge is 0.182 e. The lowest BCUT2D eigenvalue weighted by Gasteiger charge is -2.01. The number of aromatic nitrogens is 2. The average molecular weight is 266 g/mol. The maximum atomic E-state index is 9.70. The Morgan fingerprint density at radius 2 is 1.80 bits per heavy atom. The van der Waals surface area contributed by atoms with Crippen molar-refractivity contribution < 1.29 is 5.11 Å². The summed E-state index contributed by atoms with van der Waals surface area (Å²) in [7, 11) is 0. The summed E-state index contributed by atoms with van der Waals surface area (Å²) < 4.78 is 1.94. The van der Waals surface area contributed by atoms with E-state index in [-0.39, 0.29) is 5.75 Å². The molecule has 0 saturated heterocycles. The zero-order valence-electron chi connectivity index (χ0n) is 11.3. The summed E-state index contributed by atoms with van der Waals surface area (Å²) >= 11 is 0. The second kappa shape index (κ2) is 4.77. The number of aromatic hydroxyl groups is 1. The van der Waals surface area contributed by atoms with Gasteiger partial charge in [-0.1, -0.05) is 18.2 Å². The van der Waals surface area contributed by atoms with Crippen LogP contribution in [0.25, 0.3) is 5.65 Å². The Bertz CT molecular complexity index is 805. The first-order chi connectivity index (χ1) is 9.66. The highest BCUT2D eigenvalue weighted by molar-refractivity contribution is 5.54. The molecule has 1 aromatic carbocycles. The van der Waals surface area contributed by atoms with Gasteiger partial charge in [0, 0.05) is 5.69 Å². The number of imidazole rings is 1. The molecule has 0 spiro atoms. The van der Waals surface area contributed by atoms with Gasteiger partial charge in [0.05, 0.1) is 5.69 Å². The fourth-order valence-corrected chi connectivity index (χ4v) is 2.12. The van der Waals surface area contributed by atoms with Crippen molar-refractivity contribution in [1.29, 1.82) is 0 Å². The van der Waals surface area contributed by atoms with E-state index in [0.717, 1.165) is 17.0 Å². The fourth-order valence-electron chi connectivity index (χ4n) is 2.12. The van der Waals surface area contributed by atoms with Crippen molar-refractivity contribution in [3.05, 3.63) is 53.9 Å².